The van der Waals surface area contributed by atoms with E-state index >= 15 is 0 Å². The third kappa shape index (κ3) is 22.9. The third-order valence-corrected chi connectivity index (χ3v) is 4.50. The number of carboxylic acids is 1. The van der Waals surface area contributed by atoms with Gasteiger partial charge in [0.2, 0.25) is 5.78 Å². The number of unbranched alkanes of at least 4 members (excludes halogenated alkanes) is 6. The van der Waals surface area contributed by atoms with Crippen LogP contribution in [0, 0.1) is 0 Å². The highest BCUT2D eigenvalue weighted by atomic mass is 16.6. The average Bonchev–Trinajstić information content (AvgIpc) is 2.79. The number of esters is 2. The Morgan fingerprint density at radius 3 is 1.45 bits per heavy atom. The molecule has 0 aliphatic carbocycles. The first-order chi connectivity index (χ1) is 16.0. The van der Waals surface area contributed by atoms with Crippen molar-refractivity contribution in [2.45, 2.75) is 71.1 Å². The number of Topliss-reactive ketones (excluding diaryl/α,β-unsaturated/α-hetero) is 1. The number of carbonyl (C=O) groups excluding carboxylic acids is 3. The largest absolute Gasteiger partial charge is 0.476 e. The van der Waals surface area contributed by atoms with E-state index in [4.69, 9.17) is 28.8 Å². The van der Waals surface area contributed by atoms with Gasteiger partial charge >= 0.3 is 17.9 Å². The number of hydrogen-bond acceptors (Lipinski definition) is 9. The van der Waals surface area contributed by atoms with Crippen molar-refractivity contribution in [2.75, 3.05) is 52.9 Å². The minimum absolute atomic E-state index is 0.0148. The van der Waals surface area contributed by atoms with Crippen LogP contribution in [0.25, 0.3) is 0 Å². The molecule has 10 nitrogen and oxygen atoms in total. The van der Waals surface area contributed by atoms with Gasteiger partial charge in [-0.2, -0.15) is 0 Å². The van der Waals surface area contributed by atoms with E-state index in [0.717, 1.165) is 12.8 Å². The van der Waals surface area contributed by atoms with E-state index in [9.17, 15) is 19.2 Å². The molecule has 0 fully saturated rings. The molecule has 1 N–H and O–H groups in total. The number of carbonyl (C=O) groups is 4. The Labute approximate surface area is 196 Å². The summed E-state index contributed by atoms with van der Waals surface area (Å²) in [5, 5.41) is 8.40. The van der Waals surface area contributed by atoms with E-state index < -0.39 is 17.7 Å². The Kier molecular flexibility index (Phi) is 21.7. The maximum atomic E-state index is 11.6. The Bertz CT molecular complexity index is 535. The molecule has 0 spiro atoms. The van der Waals surface area contributed by atoms with Crippen molar-refractivity contribution in [1.29, 1.82) is 0 Å². The Morgan fingerprint density at radius 1 is 0.545 bits per heavy atom. The molecule has 192 valence electrons. The molecule has 33 heavy (non-hydrogen) atoms. The monoisotopic (exact) mass is 476 g/mol. The van der Waals surface area contributed by atoms with Gasteiger partial charge in [-0.05, 0) is 6.42 Å². The summed E-state index contributed by atoms with van der Waals surface area (Å²) in [6.07, 6.45) is 7.95. The highest BCUT2D eigenvalue weighted by Crippen LogP contribution is 2.08. The molecule has 0 aromatic rings. The van der Waals surface area contributed by atoms with Crippen LogP contribution in [0.3, 0.4) is 0 Å². The zero-order valence-corrected chi connectivity index (χ0v) is 19.8. The fourth-order valence-electron chi connectivity index (χ4n) is 2.66. The van der Waals surface area contributed by atoms with Gasteiger partial charge in [-0.3, -0.25) is 14.4 Å². The van der Waals surface area contributed by atoms with E-state index in [1.807, 2.05) is 0 Å². The molecule has 10 heteroatoms. The lowest BCUT2D eigenvalue weighted by Gasteiger charge is -2.08. The number of rotatable bonds is 24. The summed E-state index contributed by atoms with van der Waals surface area (Å²) < 4.78 is 25.8. The molecule has 0 saturated carbocycles. The van der Waals surface area contributed by atoms with Crippen molar-refractivity contribution < 1.29 is 48.0 Å². The second-order valence-corrected chi connectivity index (χ2v) is 7.38. The zero-order chi connectivity index (χ0) is 24.6. The number of ether oxygens (including phenoxy) is 5. The predicted molar refractivity (Wildman–Crippen MR) is 119 cm³/mol. The molecule has 0 unspecified atom stereocenters. The normalized spacial score (nSPS) is 10.7. The smallest absolute Gasteiger partial charge is 0.372 e. The fourth-order valence-corrected chi connectivity index (χ4v) is 2.66. The maximum Gasteiger partial charge on any atom is 0.372 e. The summed E-state index contributed by atoms with van der Waals surface area (Å²) in [7, 11) is 0. The van der Waals surface area contributed by atoms with Gasteiger partial charge in [-0.15, -0.1) is 0 Å². The third-order valence-electron chi connectivity index (χ3n) is 4.50. The van der Waals surface area contributed by atoms with Gasteiger partial charge in [0.05, 0.1) is 46.1 Å². The van der Waals surface area contributed by atoms with Gasteiger partial charge in [0.25, 0.3) is 0 Å². The summed E-state index contributed by atoms with van der Waals surface area (Å²) in [6.45, 7) is 4.35. The Hall–Kier alpha value is -2.04. The summed E-state index contributed by atoms with van der Waals surface area (Å²) in [5.41, 5.74) is 0. The second kappa shape index (κ2) is 23.1. The van der Waals surface area contributed by atoms with Crippen LogP contribution in [0.4, 0.5) is 0 Å². The summed E-state index contributed by atoms with van der Waals surface area (Å²) in [6, 6.07) is 0. The van der Waals surface area contributed by atoms with Crippen molar-refractivity contribution in [3.63, 3.8) is 0 Å². The molecular weight excluding hydrogens is 436 g/mol. The minimum atomic E-state index is -1.56. The first-order valence-corrected chi connectivity index (χ1v) is 11.8. The predicted octanol–water partition coefficient (Wildman–Crippen LogP) is 2.70. The van der Waals surface area contributed by atoms with Crippen LogP contribution < -0.4 is 0 Å². The molecule has 0 atom stereocenters. The van der Waals surface area contributed by atoms with Gasteiger partial charge in [-0.25, -0.2) is 4.79 Å². The standard InChI is InChI=1S/C23H40O10/c1-2-3-4-5-6-7-8-9-21(25)32-18-16-30-14-12-29-13-15-31-17-19-33-22(26)11-10-20(24)23(27)28/h2-19H2,1H3,(H,27,28). The van der Waals surface area contributed by atoms with Crippen molar-refractivity contribution in [1.82, 2.24) is 0 Å². The van der Waals surface area contributed by atoms with E-state index in [1.54, 1.807) is 0 Å². The lowest BCUT2D eigenvalue weighted by Crippen LogP contribution is -2.17. The van der Waals surface area contributed by atoms with Crippen LogP contribution in [0.5, 0.6) is 0 Å². The average molecular weight is 477 g/mol. The van der Waals surface area contributed by atoms with Crippen LogP contribution in [-0.2, 0) is 42.9 Å². The summed E-state index contributed by atoms with van der Waals surface area (Å²) in [4.78, 5) is 44.1. The van der Waals surface area contributed by atoms with Crippen LogP contribution >= 0.6 is 0 Å². The topological polar surface area (TPSA) is 135 Å². The maximum absolute atomic E-state index is 11.6. The molecule has 0 amide bonds. The van der Waals surface area contributed by atoms with Crippen molar-refractivity contribution in [3.05, 3.63) is 0 Å². The van der Waals surface area contributed by atoms with Crippen molar-refractivity contribution in [2.24, 2.45) is 0 Å². The van der Waals surface area contributed by atoms with Crippen LogP contribution in [0.1, 0.15) is 71.1 Å². The number of aliphatic carboxylic acids is 1. The van der Waals surface area contributed by atoms with Crippen LogP contribution in [0.2, 0.25) is 0 Å². The van der Waals surface area contributed by atoms with Crippen molar-refractivity contribution in [3.8, 4) is 0 Å². The lowest BCUT2D eigenvalue weighted by molar-refractivity contribution is -0.151. The quantitative estimate of drug-likeness (QED) is 0.126. The zero-order valence-electron chi connectivity index (χ0n) is 19.8. The minimum Gasteiger partial charge on any atom is -0.476 e. The Morgan fingerprint density at radius 2 is 0.970 bits per heavy atom. The first kappa shape index (κ1) is 31.0. The molecule has 0 aromatic carbocycles. The molecule has 0 saturated heterocycles. The van der Waals surface area contributed by atoms with Gasteiger partial charge in [-0.1, -0.05) is 45.4 Å². The molecule has 0 heterocycles. The van der Waals surface area contributed by atoms with Gasteiger partial charge in [0, 0.05) is 12.8 Å². The second-order valence-electron chi connectivity index (χ2n) is 7.38. The summed E-state index contributed by atoms with van der Waals surface area (Å²) in [5.74, 6) is -3.41. The number of carboxylic acid groups (broad SMARTS) is 1. The first-order valence-electron chi connectivity index (χ1n) is 11.8. The van der Waals surface area contributed by atoms with Gasteiger partial charge < -0.3 is 28.8 Å². The number of hydrogen-bond donors (Lipinski definition) is 1. The van der Waals surface area contributed by atoms with Crippen molar-refractivity contribution >= 4 is 23.7 Å². The molecule has 0 aliphatic rings. The number of ketones is 1. The molecule has 0 aromatic heterocycles. The van der Waals surface area contributed by atoms with E-state index in [1.165, 1.54) is 32.1 Å². The van der Waals surface area contributed by atoms with E-state index in [2.05, 4.69) is 6.92 Å². The Balaban J connectivity index is 3.27. The fraction of sp³-hybridized carbons (Fsp3) is 0.826. The van der Waals surface area contributed by atoms with Crippen LogP contribution in [-0.4, -0.2) is 81.7 Å². The molecule has 0 aliphatic heterocycles. The molecular formula is C23H40O10. The van der Waals surface area contributed by atoms with Crippen LogP contribution in [0.15, 0.2) is 0 Å². The van der Waals surface area contributed by atoms with E-state index in [-0.39, 0.29) is 38.6 Å². The summed E-state index contributed by atoms with van der Waals surface area (Å²) >= 11 is 0. The van der Waals surface area contributed by atoms with E-state index in [0.29, 0.717) is 39.5 Å². The molecule has 0 rings (SSSR count). The SMILES string of the molecule is CCCCCCCCCC(=O)OCCOCCOCCOCCOC(=O)CCC(=O)C(=O)O. The highest BCUT2D eigenvalue weighted by molar-refractivity contribution is 6.32. The lowest BCUT2D eigenvalue weighted by atomic mass is 10.1. The van der Waals surface area contributed by atoms with Gasteiger partial charge in [0.15, 0.2) is 0 Å². The molecule has 0 radical (unpaired) electrons. The van der Waals surface area contributed by atoms with Gasteiger partial charge in [0.1, 0.15) is 13.2 Å². The molecule has 0 bridgehead atoms. The highest BCUT2D eigenvalue weighted by Gasteiger charge is 2.14.